The van der Waals surface area contributed by atoms with E-state index in [1.54, 1.807) is 37.0 Å². The van der Waals surface area contributed by atoms with E-state index in [-0.39, 0.29) is 18.8 Å². The molecule has 2 N–H and O–H groups in total. The summed E-state index contributed by atoms with van der Waals surface area (Å²) in [7, 11) is 0. The van der Waals surface area contributed by atoms with Crippen LogP contribution >= 0.6 is 0 Å². The molecule has 4 aromatic rings. The van der Waals surface area contributed by atoms with Crippen LogP contribution in [-0.2, 0) is 11.3 Å². The molecular formula is C34H43N11O4. The number of fused-ring (bicyclic) bond motifs is 2. The van der Waals surface area contributed by atoms with Crippen molar-refractivity contribution in [2.45, 2.75) is 102 Å². The number of anilines is 2. The Morgan fingerprint density at radius 3 is 2.43 bits per heavy atom. The van der Waals surface area contributed by atoms with E-state index in [4.69, 9.17) is 19.3 Å². The maximum atomic E-state index is 10.4. The Labute approximate surface area is 285 Å². The van der Waals surface area contributed by atoms with Gasteiger partial charge >= 0.3 is 0 Å². The molecule has 0 spiro atoms. The summed E-state index contributed by atoms with van der Waals surface area (Å²) in [6.07, 6.45) is 13.4. The average molecular weight is 670 g/mol. The van der Waals surface area contributed by atoms with Crippen molar-refractivity contribution >= 4 is 11.6 Å². The molecule has 49 heavy (non-hydrogen) atoms. The topological polar surface area (TPSA) is 174 Å². The molecule has 1 saturated carbocycles. The molecule has 0 radical (unpaired) electrons. The zero-order chi connectivity index (χ0) is 34.0. The van der Waals surface area contributed by atoms with Crippen LogP contribution in [0.2, 0.25) is 0 Å². The van der Waals surface area contributed by atoms with Gasteiger partial charge in [-0.2, -0.15) is 5.26 Å². The van der Waals surface area contributed by atoms with Crippen molar-refractivity contribution in [3.8, 4) is 28.8 Å². The number of benzene rings is 1. The van der Waals surface area contributed by atoms with E-state index in [0.717, 1.165) is 50.0 Å². The van der Waals surface area contributed by atoms with Crippen molar-refractivity contribution < 1.29 is 19.3 Å². The maximum absolute atomic E-state index is 10.4. The second-order valence-corrected chi connectivity index (χ2v) is 14.0. The number of rotatable bonds is 12. The van der Waals surface area contributed by atoms with Crippen LogP contribution in [-0.4, -0.2) is 99.6 Å². The molecule has 3 aliphatic rings. The van der Waals surface area contributed by atoms with Crippen LogP contribution in [0.25, 0.3) is 11.1 Å². The molecule has 5 heterocycles. The monoisotopic (exact) mass is 669 g/mol. The molecule has 3 aromatic heterocycles. The molecule has 1 aliphatic carbocycles. The highest BCUT2D eigenvalue weighted by Crippen LogP contribution is 2.39. The molecule has 258 valence electrons. The van der Waals surface area contributed by atoms with Gasteiger partial charge in [-0.15, -0.1) is 10.2 Å². The van der Waals surface area contributed by atoms with Gasteiger partial charge in [0, 0.05) is 36.1 Å². The SMILES string of the molecule is C[C@@H](Cn1cnnn1)Oc1cc(-c2cnc(Nc3cn([C@H]4CC[C@H](N5[C@@H]6CC[C@H]5COC6)CC4)nc3OCC(C)(C)O)nc2)ccc1C#N. The summed E-state index contributed by atoms with van der Waals surface area (Å²) in [5.74, 6) is 1.23. The van der Waals surface area contributed by atoms with Crippen LogP contribution in [0.15, 0.2) is 43.1 Å². The molecule has 3 atom stereocenters. The van der Waals surface area contributed by atoms with Crippen LogP contribution < -0.4 is 14.8 Å². The maximum Gasteiger partial charge on any atom is 0.257 e. The van der Waals surface area contributed by atoms with Gasteiger partial charge in [-0.05, 0) is 87.4 Å². The zero-order valence-electron chi connectivity index (χ0n) is 28.1. The van der Waals surface area contributed by atoms with Crippen LogP contribution in [0.5, 0.6) is 11.6 Å². The van der Waals surface area contributed by atoms with Crippen molar-refractivity contribution in [1.29, 1.82) is 5.26 Å². The van der Waals surface area contributed by atoms with Gasteiger partial charge in [0.25, 0.3) is 5.88 Å². The number of nitrogens with one attached hydrogen (secondary N) is 1. The summed E-state index contributed by atoms with van der Waals surface area (Å²) in [4.78, 5) is 11.9. The third-order valence-corrected chi connectivity index (χ3v) is 9.52. The van der Waals surface area contributed by atoms with Crippen LogP contribution in [0.3, 0.4) is 0 Å². The van der Waals surface area contributed by atoms with Gasteiger partial charge in [-0.1, -0.05) is 6.07 Å². The van der Waals surface area contributed by atoms with Gasteiger partial charge in [0.05, 0.1) is 43.2 Å². The Bertz CT molecular complexity index is 1720. The first-order valence-electron chi connectivity index (χ1n) is 17.0. The van der Waals surface area contributed by atoms with Crippen LogP contribution in [0, 0.1) is 11.3 Å². The van der Waals surface area contributed by atoms with E-state index in [9.17, 15) is 10.4 Å². The summed E-state index contributed by atoms with van der Waals surface area (Å²) in [6, 6.07) is 9.56. The Hall–Kier alpha value is -4.65. The molecule has 2 aliphatic heterocycles. The minimum absolute atomic E-state index is 0.0858. The smallest absolute Gasteiger partial charge is 0.257 e. The van der Waals surface area contributed by atoms with Crippen molar-refractivity contribution in [1.82, 2.24) is 44.9 Å². The lowest BCUT2D eigenvalue weighted by Gasteiger charge is -2.43. The molecule has 2 saturated heterocycles. The predicted octanol–water partition coefficient (Wildman–Crippen LogP) is 3.91. The fourth-order valence-corrected chi connectivity index (χ4v) is 7.21. The lowest BCUT2D eigenvalue weighted by molar-refractivity contribution is -0.0458. The van der Waals surface area contributed by atoms with E-state index in [2.05, 4.69) is 41.8 Å². The van der Waals surface area contributed by atoms with Crippen molar-refractivity contribution in [3.05, 3.63) is 48.7 Å². The molecule has 15 nitrogen and oxygen atoms in total. The number of nitriles is 1. The van der Waals surface area contributed by atoms with E-state index >= 15 is 0 Å². The lowest BCUT2D eigenvalue weighted by Crippen LogP contribution is -2.52. The summed E-state index contributed by atoms with van der Waals surface area (Å²) < 4.78 is 21.5. The number of nitrogens with zero attached hydrogens (tertiary/aromatic N) is 10. The van der Waals surface area contributed by atoms with Crippen molar-refractivity contribution in [2.75, 3.05) is 25.1 Å². The minimum atomic E-state index is -1.02. The summed E-state index contributed by atoms with van der Waals surface area (Å²) in [6.45, 7) is 7.54. The quantitative estimate of drug-likeness (QED) is 0.222. The van der Waals surface area contributed by atoms with Crippen LogP contribution in [0.4, 0.5) is 11.6 Å². The Morgan fingerprint density at radius 1 is 1.04 bits per heavy atom. The van der Waals surface area contributed by atoms with E-state index in [1.165, 1.54) is 19.2 Å². The fourth-order valence-electron chi connectivity index (χ4n) is 7.21. The first kappa shape index (κ1) is 32.9. The first-order valence-corrected chi connectivity index (χ1v) is 17.0. The lowest BCUT2D eigenvalue weighted by atomic mass is 9.89. The highest BCUT2D eigenvalue weighted by atomic mass is 16.5. The summed E-state index contributed by atoms with van der Waals surface area (Å²) in [5.41, 5.74) is 1.59. The molecule has 15 heteroatoms. The summed E-state index contributed by atoms with van der Waals surface area (Å²) in [5, 5.41) is 39.3. The average Bonchev–Trinajstić information content (AvgIpc) is 3.81. The molecule has 1 aromatic carbocycles. The number of hydrogen-bond donors (Lipinski definition) is 2. The van der Waals surface area contributed by atoms with E-state index in [1.807, 2.05) is 29.9 Å². The van der Waals surface area contributed by atoms with Crippen LogP contribution in [0.1, 0.15) is 70.9 Å². The standard InChI is InChI=1S/C34H43N11O4/c1-22(16-43-21-38-41-42-43)49-31-12-23(4-5-24(31)13-35)25-14-36-33(37-15-25)39-30-17-44(40-32(30)48-20-34(2,3)46)26-6-8-27(9-7-26)45-28-10-11-29(45)19-47-18-28/h4-5,12,14-15,17,21-22,26-29,46H,6-11,16,18-20H2,1-3H3,(H,36,37,39)/t22-,26-,27-,28-,29+/m0/s1. The van der Waals surface area contributed by atoms with E-state index < -0.39 is 5.60 Å². The third kappa shape index (κ3) is 7.66. The Kier molecular flexibility index (Phi) is 9.44. The van der Waals surface area contributed by atoms with Crippen molar-refractivity contribution in [3.63, 3.8) is 0 Å². The molecule has 2 bridgehead atoms. The largest absolute Gasteiger partial charge is 0.487 e. The molecular weight excluding hydrogens is 626 g/mol. The number of ether oxygens (including phenoxy) is 3. The number of morpholine rings is 1. The van der Waals surface area contributed by atoms with Gasteiger partial charge < -0.3 is 24.6 Å². The zero-order valence-corrected chi connectivity index (χ0v) is 28.1. The Balaban J connectivity index is 1.04. The van der Waals surface area contributed by atoms with Gasteiger partial charge in [0.15, 0.2) is 0 Å². The van der Waals surface area contributed by atoms with E-state index in [0.29, 0.717) is 53.5 Å². The number of hydrogen-bond acceptors (Lipinski definition) is 13. The van der Waals surface area contributed by atoms with Gasteiger partial charge in [-0.25, -0.2) is 14.6 Å². The molecule has 0 unspecified atom stereocenters. The minimum Gasteiger partial charge on any atom is -0.487 e. The number of tetrazole rings is 1. The highest BCUT2D eigenvalue weighted by Gasteiger charge is 2.42. The van der Waals surface area contributed by atoms with Gasteiger partial charge in [0.1, 0.15) is 36.5 Å². The predicted molar refractivity (Wildman–Crippen MR) is 178 cm³/mol. The third-order valence-electron chi connectivity index (χ3n) is 9.52. The molecule has 0 amide bonds. The highest BCUT2D eigenvalue weighted by molar-refractivity contribution is 5.67. The summed E-state index contributed by atoms with van der Waals surface area (Å²) >= 11 is 0. The van der Waals surface area contributed by atoms with Gasteiger partial charge in [-0.3, -0.25) is 9.58 Å². The fraction of sp³-hybridized carbons (Fsp3) is 0.559. The molecule has 7 rings (SSSR count). The second kappa shape index (κ2) is 14.1. The molecule has 3 fully saturated rings. The van der Waals surface area contributed by atoms with Gasteiger partial charge in [0.2, 0.25) is 5.95 Å². The first-order chi connectivity index (χ1) is 23.7. The number of aromatic nitrogens is 8. The second-order valence-electron chi connectivity index (χ2n) is 14.0. The van der Waals surface area contributed by atoms with Crippen molar-refractivity contribution in [2.24, 2.45) is 0 Å². The Morgan fingerprint density at radius 2 is 1.76 bits per heavy atom. The normalized spacial score (nSPS) is 23.2. The number of aliphatic hydroxyl groups is 1.